The van der Waals surface area contributed by atoms with Crippen LogP contribution in [0.4, 0.5) is 0 Å². The van der Waals surface area contributed by atoms with Crippen LogP contribution in [0.25, 0.3) is 0 Å². The predicted octanol–water partition coefficient (Wildman–Crippen LogP) is 1.13. The summed E-state index contributed by atoms with van der Waals surface area (Å²) >= 11 is 0. The molecule has 86 valence electrons. The molecular weight excluding hydrogens is 188 g/mol. The molecule has 2 unspecified atom stereocenters. The van der Waals surface area contributed by atoms with Gasteiger partial charge in [-0.3, -0.25) is 9.69 Å². The molecule has 3 nitrogen and oxygen atoms in total. The van der Waals surface area contributed by atoms with Crippen molar-refractivity contribution >= 4 is 5.78 Å². The summed E-state index contributed by atoms with van der Waals surface area (Å²) in [6, 6.07) is 1.19. The lowest BCUT2D eigenvalue weighted by molar-refractivity contribution is -0.117. The van der Waals surface area contributed by atoms with Crippen LogP contribution in [0.1, 0.15) is 32.1 Å². The number of likely N-dealkylation sites (tertiary alicyclic amines) is 1. The van der Waals surface area contributed by atoms with E-state index >= 15 is 0 Å². The molecule has 0 bridgehead atoms. The molecule has 1 aliphatic carbocycles. The van der Waals surface area contributed by atoms with E-state index in [4.69, 9.17) is 0 Å². The van der Waals surface area contributed by atoms with Crippen molar-refractivity contribution in [1.82, 2.24) is 9.80 Å². The minimum atomic E-state index is 0.455. The fraction of sp³-hybridized carbons (Fsp3) is 0.917. The number of ketones is 1. The summed E-state index contributed by atoms with van der Waals surface area (Å²) in [7, 11) is 4.40. The minimum absolute atomic E-state index is 0.455. The third-order valence-electron chi connectivity index (χ3n) is 3.97. The molecule has 0 aromatic heterocycles. The van der Waals surface area contributed by atoms with Crippen molar-refractivity contribution in [1.29, 1.82) is 0 Å². The third-order valence-corrected chi connectivity index (χ3v) is 3.97. The van der Waals surface area contributed by atoms with Gasteiger partial charge in [-0.25, -0.2) is 0 Å². The van der Waals surface area contributed by atoms with Crippen LogP contribution in [0.3, 0.4) is 0 Å². The SMILES string of the molecule is CN1CCCC(N(C)C2CCC(=O)C2)C1. The minimum Gasteiger partial charge on any atom is -0.305 e. The molecule has 0 aromatic carbocycles. The average molecular weight is 210 g/mol. The first-order valence-corrected chi connectivity index (χ1v) is 6.09. The number of carbonyl (C=O) groups excluding carboxylic acids is 1. The lowest BCUT2D eigenvalue weighted by Gasteiger charge is -2.38. The summed E-state index contributed by atoms with van der Waals surface area (Å²) in [4.78, 5) is 16.1. The fourth-order valence-electron chi connectivity index (χ4n) is 2.91. The monoisotopic (exact) mass is 210 g/mol. The van der Waals surface area contributed by atoms with Gasteiger partial charge < -0.3 is 4.90 Å². The molecular formula is C12H22N2O. The second-order valence-corrected chi connectivity index (χ2v) is 5.16. The van der Waals surface area contributed by atoms with Crippen LogP contribution in [0, 0.1) is 0 Å². The molecule has 0 aromatic rings. The van der Waals surface area contributed by atoms with Gasteiger partial charge in [-0.2, -0.15) is 0 Å². The van der Waals surface area contributed by atoms with Crippen molar-refractivity contribution in [2.45, 2.75) is 44.2 Å². The first kappa shape index (κ1) is 11.1. The van der Waals surface area contributed by atoms with Crippen molar-refractivity contribution in [3.8, 4) is 0 Å². The molecule has 0 N–H and O–H groups in total. The van der Waals surface area contributed by atoms with Crippen LogP contribution in [-0.2, 0) is 4.79 Å². The van der Waals surface area contributed by atoms with E-state index in [1.54, 1.807) is 0 Å². The van der Waals surface area contributed by atoms with Gasteiger partial charge in [-0.15, -0.1) is 0 Å². The first-order valence-electron chi connectivity index (χ1n) is 6.09. The lowest BCUT2D eigenvalue weighted by Crippen LogP contribution is -2.48. The van der Waals surface area contributed by atoms with Crippen molar-refractivity contribution in [3.05, 3.63) is 0 Å². The Hall–Kier alpha value is -0.410. The Bertz CT molecular complexity index is 242. The Morgan fingerprint density at radius 3 is 2.73 bits per heavy atom. The normalized spacial score (nSPS) is 33.9. The molecule has 2 rings (SSSR count). The van der Waals surface area contributed by atoms with Crippen LogP contribution in [-0.4, -0.2) is 54.9 Å². The molecule has 2 fully saturated rings. The molecule has 15 heavy (non-hydrogen) atoms. The molecule has 1 heterocycles. The van der Waals surface area contributed by atoms with E-state index in [0.29, 0.717) is 17.9 Å². The molecule has 3 heteroatoms. The molecule has 2 aliphatic rings. The van der Waals surface area contributed by atoms with Crippen molar-refractivity contribution in [2.24, 2.45) is 0 Å². The largest absolute Gasteiger partial charge is 0.305 e. The zero-order valence-electron chi connectivity index (χ0n) is 9.91. The number of likely N-dealkylation sites (N-methyl/N-ethyl adjacent to an activating group) is 2. The van der Waals surface area contributed by atoms with Gasteiger partial charge in [-0.1, -0.05) is 0 Å². The van der Waals surface area contributed by atoms with Gasteiger partial charge >= 0.3 is 0 Å². The maximum atomic E-state index is 11.3. The van der Waals surface area contributed by atoms with Gasteiger partial charge in [0.05, 0.1) is 0 Å². The first-order chi connectivity index (χ1) is 7.16. The van der Waals surface area contributed by atoms with Gasteiger partial charge in [0.25, 0.3) is 0 Å². The Labute approximate surface area is 92.4 Å². The number of carbonyl (C=O) groups is 1. The number of hydrogen-bond donors (Lipinski definition) is 0. The fourth-order valence-corrected chi connectivity index (χ4v) is 2.91. The number of hydrogen-bond acceptors (Lipinski definition) is 3. The average Bonchev–Trinajstić information content (AvgIpc) is 2.64. The van der Waals surface area contributed by atoms with E-state index in [9.17, 15) is 4.79 Å². The van der Waals surface area contributed by atoms with E-state index in [-0.39, 0.29) is 0 Å². The lowest BCUT2D eigenvalue weighted by atomic mass is 10.0. The summed E-state index contributed by atoms with van der Waals surface area (Å²) in [6.07, 6.45) is 5.27. The zero-order valence-corrected chi connectivity index (χ0v) is 9.91. The predicted molar refractivity (Wildman–Crippen MR) is 60.9 cm³/mol. The molecule has 0 radical (unpaired) electrons. The van der Waals surface area contributed by atoms with Crippen LogP contribution < -0.4 is 0 Å². The van der Waals surface area contributed by atoms with E-state index in [2.05, 4.69) is 23.9 Å². The zero-order chi connectivity index (χ0) is 10.8. The quantitative estimate of drug-likeness (QED) is 0.683. The van der Waals surface area contributed by atoms with E-state index in [1.807, 2.05) is 0 Å². The number of piperidine rings is 1. The number of nitrogens with zero attached hydrogens (tertiary/aromatic N) is 2. The summed E-state index contributed by atoms with van der Waals surface area (Å²) in [5.41, 5.74) is 0. The molecule has 1 aliphatic heterocycles. The standard InChI is InChI=1S/C12H22N2O/c1-13-7-3-4-11(9-13)14(2)10-5-6-12(15)8-10/h10-11H,3-9H2,1-2H3. The highest BCUT2D eigenvalue weighted by Crippen LogP contribution is 2.24. The Morgan fingerprint density at radius 2 is 2.13 bits per heavy atom. The Balaban J connectivity index is 1.89. The summed E-state index contributed by atoms with van der Waals surface area (Å²) in [5, 5.41) is 0. The Kier molecular flexibility index (Phi) is 3.42. The highest BCUT2D eigenvalue weighted by molar-refractivity contribution is 5.81. The van der Waals surface area contributed by atoms with Crippen LogP contribution in [0.2, 0.25) is 0 Å². The van der Waals surface area contributed by atoms with Crippen molar-refractivity contribution in [2.75, 3.05) is 27.2 Å². The van der Waals surface area contributed by atoms with Gasteiger partial charge in [0.2, 0.25) is 0 Å². The smallest absolute Gasteiger partial charge is 0.134 e. The highest BCUT2D eigenvalue weighted by atomic mass is 16.1. The topological polar surface area (TPSA) is 23.6 Å². The van der Waals surface area contributed by atoms with Gasteiger partial charge in [0, 0.05) is 31.5 Å². The molecule has 1 saturated heterocycles. The maximum Gasteiger partial charge on any atom is 0.134 e. The molecule has 0 amide bonds. The summed E-state index contributed by atoms with van der Waals surface area (Å²) in [5.74, 6) is 0.455. The van der Waals surface area contributed by atoms with E-state index in [0.717, 1.165) is 19.3 Å². The van der Waals surface area contributed by atoms with Crippen molar-refractivity contribution < 1.29 is 4.79 Å². The summed E-state index contributed by atoms with van der Waals surface area (Å²) in [6.45, 7) is 2.40. The van der Waals surface area contributed by atoms with Gasteiger partial charge in [-0.05, 0) is 39.9 Å². The third kappa shape index (κ3) is 2.58. The van der Waals surface area contributed by atoms with Gasteiger partial charge in [0.1, 0.15) is 5.78 Å². The van der Waals surface area contributed by atoms with Crippen LogP contribution in [0.15, 0.2) is 0 Å². The van der Waals surface area contributed by atoms with Gasteiger partial charge in [0.15, 0.2) is 0 Å². The van der Waals surface area contributed by atoms with Crippen molar-refractivity contribution in [3.63, 3.8) is 0 Å². The second kappa shape index (κ2) is 4.62. The highest BCUT2D eigenvalue weighted by Gasteiger charge is 2.31. The Morgan fingerprint density at radius 1 is 1.33 bits per heavy atom. The summed E-state index contributed by atoms with van der Waals surface area (Å²) < 4.78 is 0. The van der Waals surface area contributed by atoms with E-state index in [1.165, 1.54) is 25.9 Å². The van der Waals surface area contributed by atoms with E-state index < -0.39 is 0 Å². The van der Waals surface area contributed by atoms with Crippen LogP contribution in [0.5, 0.6) is 0 Å². The van der Waals surface area contributed by atoms with Crippen LogP contribution >= 0.6 is 0 Å². The maximum absolute atomic E-state index is 11.3. The molecule has 2 atom stereocenters. The number of Topliss-reactive ketones (excluding diaryl/α,β-unsaturated/α-hetero) is 1. The second-order valence-electron chi connectivity index (χ2n) is 5.16. The molecule has 1 saturated carbocycles. The molecule has 0 spiro atoms. The number of rotatable bonds is 2.